The van der Waals surface area contributed by atoms with E-state index in [4.69, 9.17) is 20.2 Å². The number of aldehydes is 1. The van der Waals surface area contributed by atoms with Crippen LogP contribution in [0.5, 0.6) is 0 Å². The van der Waals surface area contributed by atoms with E-state index in [2.05, 4.69) is 15.6 Å². The number of carbonyl (C=O) groups is 5. The molecule has 0 radical (unpaired) electrons. The van der Waals surface area contributed by atoms with Gasteiger partial charge in [0.15, 0.2) is 5.60 Å². The molecule has 3 amide bonds. The number of halogens is 1. The van der Waals surface area contributed by atoms with Gasteiger partial charge >= 0.3 is 5.97 Å². The van der Waals surface area contributed by atoms with Gasteiger partial charge in [-0.15, -0.1) is 0 Å². The third kappa shape index (κ3) is 6.35. The maximum Gasteiger partial charge on any atom is 0.343 e. The molecule has 14 heteroatoms. The fourth-order valence-corrected chi connectivity index (χ4v) is 7.41. The Labute approximate surface area is 293 Å². The zero-order chi connectivity index (χ0) is 36.6. The second-order valence-electron chi connectivity index (χ2n) is 13.0. The van der Waals surface area contributed by atoms with Gasteiger partial charge < -0.3 is 30.7 Å². The summed E-state index contributed by atoms with van der Waals surface area (Å²) in [5.41, 5.74) is 9.46. The van der Waals surface area contributed by atoms with Gasteiger partial charge in [0.05, 0.1) is 35.8 Å². The molecule has 13 nitrogen and oxygen atoms in total. The van der Waals surface area contributed by atoms with E-state index < -0.39 is 53.6 Å². The minimum Gasteiger partial charge on any atom is -0.458 e. The van der Waals surface area contributed by atoms with Crippen molar-refractivity contribution in [2.24, 2.45) is 5.73 Å². The average Bonchev–Trinajstić information content (AvgIpc) is 3.41. The molecule has 0 saturated carbocycles. The summed E-state index contributed by atoms with van der Waals surface area (Å²) >= 11 is 0. The van der Waals surface area contributed by atoms with Crippen LogP contribution in [0.3, 0.4) is 0 Å². The second-order valence-corrected chi connectivity index (χ2v) is 13.0. The van der Waals surface area contributed by atoms with Gasteiger partial charge in [-0.2, -0.15) is 0 Å². The molecule has 3 atom stereocenters. The molecule has 2 aliphatic heterocycles. The van der Waals surface area contributed by atoms with E-state index in [1.54, 1.807) is 44.4 Å². The van der Waals surface area contributed by atoms with Gasteiger partial charge in [-0.05, 0) is 66.6 Å². The molecule has 3 aliphatic rings. The Bertz CT molecular complexity index is 2020. The molecule has 1 aromatic carbocycles. The van der Waals surface area contributed by atoms with Gasteiger partial charge in [-0.25, -0.2) is 14.2 Å². The first-order valence-electron chi connectivity index (χ1n) is 16.7. The number of pyridine rings is 2. The zero-order valence-corrected chi connectivity index (χ0v) is 28.8. The molecule has 3 unspecified atom stereocenters. The molecule has 0 saturated heterocycles. The fraction of sp³-hybridized carbons (Fsp3) is 0.378. The predicted octanol–water partition coefficient (Wildman–Crippen LogP) is 2.42. The van der Waals surface area contributed by atoms with Crippen molar-refractivity contribution in [3.63, 3.8) is 0 Å². The SMILES string of the molecule is CCC1(OC)C(=O)OCC(C=O)=C1C=C1c2nc3cc(F)c(C)c4c3c(c2CN1C)C(NC(=O)C(CC(N)=O)NC(=O)Cc1ccncc1)CC4. The summed E-state index contributed by atoms with van der Waals surface area (Å²) in [4.78, 5) is 74.9. The summed E-state index contributed by atoms with van der Waals surface area (Å²) in [5.74, 6) is -2.87. The van der Waals surface area contributed by atoms with E-state index in [0.717, 1.165) is 22.1 Å². The largest absolute Gasteiger partial charge is 0.458 e. The number of esters is 1. The van der Waals surface area contributed by atoms with Crippen molar-refractivity contribution in [1.82, 2.24) is 25.5 Å². The van der Waals surface area contributed by atoms with Crippen LogP contribution in [-0.2, 0) is 52.8 Å². The molecule has 3 aromatic rings. The molecule has 2 aromatic heterocycles. The van der Waals surface area contributed by atoms with Crippen LogP contribution < -0.4 is 16.4 Å². The Morgan fingerprint density at radius 3 is 2.67 bits per heavy atom. The number of nitrogens with one attached hydrogen (secondary N) is 2. The van der Waals surface area contributed by atoms with Crippen LogP contribution in [0.2, 0.25) is 0 Å². The van der Waals surface area contributed by atoms with Gasteiger partial charge in [-0.1, -0.05) is 6.92 Å². The first-order chi connectivity index (χ1) is 24.4. The van der Waals surface area contributed by atoms with Gasteiger partial charge in [-0.3, -0.25) is 24.2 Å². The second kappa shape index (κ2) is 14.0. The lowest BCUT2D eigenvalue weighted by Crippen LogP contribution is -2.50. The first-order valence-corrected chi connectivity index (χ1v) is 16.7. The van der Waals surface area contributed by atoms with Crippen molar-refractivity contribution in [1.29, 1.82) is 0 Å². The highest BCUT2D eigenvalue weighted by Crippen LogP contribution is 2.46. The van der Waals surface area contributed by atoms with Crippen molar-refractivity contribution in [2.75, 3.05) is 20.8 Å². The minimum absolute atomic E-state index is 0.0327. The summed E-state index contributed by atoms with van der Waals surface area (Å²) in [7, 11) is 3.21. The highest BCUT2D eigenvalue weighted by atomic mass is 19.1. The number of benzene rings is 1. The summed E-state index contributed by atoms with van der Waals surface area (Å²) in [5, 5.41) is 6.43. The van der Waals surface area contributed by atoms with Crippen molar-refractivity contribution >= 4 is 46.6 Å². The molecule has 266 valence electrons. The van der Waals surface area contributed by atoms with Crippen LogP contribution in [0, 0.1) is 12.7 Å². The molecular formula is C37H39FN6O7. The molecule has 1 aliphatic carbocycles. The van der Waals surface area contributed by atoms with E-state index >= 15 is 4.39 Å². The Morgan fingerprint density at radius 2 is 2.00 bits per heavy atom. The summed E-state index contributed by atoms with van der Waals surface area (Å²) in [6.07, 6.45) is 6.04. The molecule has 6 rings (SSSR count). The van der Waals surface area contributed by atoms with Crippen molar-refractivity contribution < 1.29 is 37.8 Å². The first kappa shape index (κ1) is 35.3. The van der Waals surface area contributed by atoms with Crippen molar-refractivity contribution in [2.45, 2.75) is 70.2 Å². The van der Waals surface area contributed by atoms with Crippen molar-refractivity contribution in [3.8, 4) is 0 Å². The topological polar surface area (TPSA) is 183 Å². The van der Waals surface area contributed by atoms with Crippen molar-refractivity contribution in [3.05, 3.63) is 87.1 Å². The molecular weight excluding hydrogens is 659 g/mol. The van der Waals surface area contributed by atoms with Crippen LogP contribution in [0.15, 0.2) is 47.8 Å². The third-order valence-electron chi connectivity index (χ3n) is 10.1. The number of hydrogen-bond acceptors (Lipinski definition) is 10. The lowest BCUT2D eigenvalue weighted by molar-refractivity contribution is -0.166. The number of amides is 3. The molecule has 0 bridgehead atoms. The van der Waals surface area contributed by atoms with Gasteiger partial charge in [0.1, 0.15) is 24.8 Å². The molecule has 0 fully saturated rings. The normalized spacial score (nSPS) is 21.0. The number of methoxy groups -OCH3 is 1. The van der Waals surface area contributed by atoms with E-state index in [0.29, 0.717) is 59.3 Å². The minimum atomic E-state index is -1.53. The number of fused-ring (bicyclic) bond motifs is 2. The third-order valence-corrected chi connectivity index (χ3v) is 10.1. The Hall–Kier alpha value is -5.50. The highest BCUT2D eigenvalue weighted by molar-refractivity contribution is 5.97. The molecule has 4 heterocycles. The van der Waals surface area contributed by atoms with E-state index in [1.165, 1.54) is 13.2 Å². The van der Waals surface area contributed by atoms with Crippen LogP contribution in [0.25, 0.3) is 16.6 Å². The molecule has 4 N–H and O–H groups in total. The van der Waals surface area contributed by atoms with E-state index in [-0.39, 0.29) is 25.0 Å². The summed E-state index contributed by atoms with van der Waals surface area (Å²) < 4.78 is 26.4. The van der Waals surface area contributed by atoms with Crippen LogP contribution in [0.4, 0.5) is 4.39 Å². The fourth-order valence-electron chi connectivity index (χ4n) is 7.41. The smallest absolute Gasteiger partial charge is 0.343 e. The van der Waals surface area contributed by atoms with E-state index in [1.807, 2.05) is 11.9 Å². The number of primary amides is 1. The van der Waals surface area contributed by atoms with Gasteiger partial charge in [0.25, 0.3) is 0 Å². The lowest BCUT2D eigenvalue weighted by atomic mass is 9.81. The summed E-state index contributed by atoms with van der Waals surface area (Å²) in [6, 6.07) is 2.88. The van der Waals surface area contributed by atoms with Gasteiger partial charge in [0.2, 0.25) is 17.7 Å². The summed E-state index contributed by atoms with van der Waals surface area (Å²) in [6.45, 7) is 3.60. The number of ether oxygens (including phenoxy) is 2. The number of carbonyl (C=O) groups excluding carboxylic acids is 5. The Morgan fingerprint density at radius 1 is 1.25 bits per heavy atom. The maximum absolute atomic E-state index is 15.4. The lowest BCUT2D eigenvalue weighted by Gasteiger charge is -2.35. The number of nitrogens with zero attached hydrogens (tertiary/aromatic N) is 3. The monoisotopic (exact) mass is 698 g/mol. The number of aromatic nitrogens is 2. The van der Waals surface area contributed by atoms with Gasteiger partial charge in [0, 0.05) is 61.3 Å². The maximum atomic E-state index is 15.4. The molecule has 51 heavy (non-hydrogen) atoms. The zero-order valence-electron chi connectivity index (χ0n) is 28.8. The molecule has 0 spiro atoms. The average molecular weight is 699 g/mol. The number of rotatable bonds is 11. The number of aryl methyl sites for hydroxylation is 1. The Kier molecular flexibility index (Phi) is 9.71. The number of cyclic esters (lactones) is 1. The van der Waals surface area contributed by atoms with E-state index in [9.17, 15) is 24.0 Å². The van der Waals surface area contributed by atoms with Crippen LogP contribution in [0.1, 0.15) is 65.7 Å². The number of hydrogen-bond donors (Lipinski definition) is 3. The Balaban J connectivity index is 1.44. The predicted molar refractivity (Wildman–Crippen MR) is 183 cm³/mol. The standard InChI is InChI=1S/C37H39FN6O7/c1-5-37(50-4)24(21(17-45)18-51-36(37)49)13-29-34-23(16-44(29)3)33-26(7-6-22-19(2)25(38)14-27(42-34)32(22)33)43-35(48)28(15-30(39)46)41-31(47)12-20-8-10-40-11-9-20/h8-11,13-14,17,26,28H,5-7,12,15-16,18H2,1-4H3,(H2,39,46)(H,41,47)(H,43,48). The number of nitrogens with two attached hydrogens (primary N) is 1. The van der Waals surface area contributed by atoms with Crippen LogP contribution in [-0.4, -0.2) is 77.3 Å². The van der Waals surface area contributed by atoms with Crippen LogP contribution >= 0.6 is 0 Å². The quantitative estimate of drug-likeness (QED) is 0.199. The highest BCUT2D eigenvalue weighted by Gasteiger charge is 2.47.